The molecule has 1 amide bonds. The van der Waals surface area contributed by atoms with Crippen LogP contribution >= 0.6 is 23.2 Å². The summed E-state index contributed by atoms with van der Waals surface area (Å²) >= 11 is 11.6. The van der Waals surface area contributed by atoms with Gasteiger partial charge in [-0.25, -0.2) is 0 Å². The second-order valence-corrected chi connectivity index (χ2v) is 6.16. The maximum atomic E-state index is 11.5. The Hall–Kier alpha value is -2.90. The Balaban J connectivity index is 1.84. The van der Waals surface area contributed by atoms with E-state index >= 15 is 0 Å². The molecule has 0 aliphatic carbocycles. The first-order chi connectivity index (χ1) is 13.0. The summed E-state index contributed by atoms with van der Waals surface area (Å²) in [5.41, 5.74) is 2.18. The molecule has 0 radical (unpaired) electrons. The van der Waals surface area contributed by atoms with Crippen LogP contribution in [0.15, 0.2) is 48.5 Å². The van der Waals surface area contributed by atoms with Crippen LogP contribution in [0.4, 0.5) is 17.3 Å². The third-order valence-corrected chi connectivity index (χ3v) is 3.70. The van der Waals surface area contributed by atoms with Gasteiger partial charge in [0.2, 0.25) is 22.4 Å². The first-order valence-corrected chi connectivity index (χ1v) is 8.67. The Morgan fingerprint density at radius 1 is 1.04 bits per heavy atom. The van der Waals surface area contributed by atoms with Gasteiger partial charge >= 0.3 is 0 Å². The normalized spacial score (nSPS) is 10.3. The number of hydrogen-bond donors (Lipinski definition) is 2. The van der Waals surface area contributed by atoms with Crippen LogP contribution in [0.25, 0.3) is 0 Å². The van der Waals surface area contributed by atoms with Crippen molar-refractivity contribution in [1.29, 1.82) is 0 Å². The Morgan fingerprint density at radius 2 is 1.74 bits per heavy atom. The fourth-order valence-electron chi connectivity index (χ4n) is 2.26. The molecule has 9 heteroatoms. The molecule has 0 fully saturated rings. The molecular formula is C18H15Cl2N5O2. The zero-order chi connectivity index (χ0) is 19.2. The Bertz CT molecular complexity index is 933. The van der Waals surface area contributed by atoms with E-state index in [0.717, 1.165) is 5.56 Å². The maximum Gasteiger partial charge on any atom is 0.232 e. The summed E-state index contributed by atoms with van der Waals surface area (Å²) in [7, 11) is 0. The number of nitrogens with zero attached hydrogens (tertiary/aromatic N) is 3. The standard InChI is InChI=1S/C18H15Cl2N5O2/c1-11(26)21-14-8-7-13(22-18-24-16(19)23-17(20)25-18)9-15(14)27-10-12-5-3-2-4-6-12/h2-9H,10H2,1H3,(H,21,26)(H,22,23,24,25). The molecule has 0 aliphatic heterocycles. The number of carbonyl (C=O) groups excluding carboxylic acids is 1. The minimum absolute atomic E-state index is 0.0204. The molecule has 7 nitrogen and oxygen atoms in total. The largest absolute Gasteiger partial charge is 0.487 e. The van der Waals surface area contributed by atoms with Crippen LogP contribution in [-0.4, -0.2) is 20.9 Å². The first kappa shape index (κ1) is 18.9. The highest BCUT2D eigenvalue weighted by Gasteiger charge is 2.10. The zero-order valence-corrected chi connectivity index (χ0v) is 15.8. The minimum Gasteiger partial charge on any atom is -0.487 e. The minimum atomic E-state index is -0.198. The number of nitrogens with one attached hydrogen (secondary N) is 2. The van der Waals surface area contributed by atoms with Crippen LogP contribution in [-0.2, 0) is 11.4 Å². The monoisotopic (exact) mass is 403 g/mol. The third-order valence-electron chi connectivity index (χ3n) is 3.37. The molecule has 0 aliphatic rings. The molecule has 3 aromatic rings. The number of halogens is 2. The summed E-state index contributed by atoms with van der Waals surface area (Å²) in [5, 5.41) is 5.68. The van der Waals surface area contributed by atoms with Gasteiger partial charge in [-0.1, -0.05) is 30.3 Å². The van der Waals surface area contributed by atoms with Crippen molar-refractivity contribution in [2.45, 2.75) is 13.5 Å². The van der Waals surface area contributed by atoms with Gasteiger partial charge in [0.25, 0.3) is 0 Å². The quantitative estimate of drug-likeness (QED) is 0.631. The van der Waals surface area contributed by atoms with Crippen molar-refractivity contribution < 1.29 is 9.53 Å². The van der Waals surface area contributed by atoms with Gasteiger partial charge < -0.3 is 15.4 Å². The molecule has 138 valence electrons. The maximum absolute atomic E-state index is 11.5. The van der Waals surface area contributed by atoms with Crippen LogP contribution in [0.5, 0.6) is 5.75 Å². The summed E-state index contributed by atoms with van der Waals surface area (Å²) in [6.07, 6.45) is 0. The fourth-order valence-corrected chi connectivity index (χ4v) is 2.62. The molecule has 27 heavy (non-hydrogen) atoms. The second kappa shape index (κ2) is 8.66. The van der Waals surface area contributed by atoms with Crippen molar-refractivity contribution in [2.24, 2.45) is 0 Å². The van der Waals surface area contributed by atoms with E-state index in [1.165, 1.54) is 6.92 Å². The predicted molar refractivity (Wildman–Crippen MR) is 105 cm³/mol. The number of aromatic nitrogens is 3. The van der Waals surface area contributed by atoms with Crippen LogP contribution in [0.3, 0.4) is 0 Å². The van der Waals surface area contributed by atoms with Crippen LogP contribution < -0.4 is 15.4 Å². The molecule has 3 rings (SSSR count). The van der Waals surface area contributed by atoms with Crippen molar-refractivity contribution in [3.05, 3.63) is 64.7 Å². The van der Waals surface area contributed by atoms with Crippen LogP contribution in [0.2, 0.25) is 10.6 Å². The van der Waals surface area contributed by atoms with Gasteiger partial charge in [0.05, 0.1) is 5.69 Å². The van der Waals surface area contributed by atoms with Gasteiger partial charge in [0, 0.05) is 18.7 Å². The first-order valence-electron chi connectivity index (χ1n) is 7.92. The summed E-state index contributed by atoms with van der Waals surface area (Å²) in [5.74, 6) is 0.489. The van der Waals surface area contributed by atoms with Crippen molar-refractivity contribution >= 4 is 46.4 Å². The summed E-state index contributed by atoms with van der Waals surface area (Å²) in [6, 6.07) is 14.9. The number of anilines is 3. The Morgan fingerprint density at radius 3 is 2.41 bits per heavy atom. The predicted octanol–water partition coefficient (Wildman–Crippen LogP) is 4.46. The lowest BCUT2D eigenvalue weighted by molar-refractivity contribution is -0.114. The second-order valence-electron chi connectivity index (χ2n) is 5.49. The van der Waals surface area contributed by atoms with Crippen molar-refractivity contribution in [1.82, 2.24) is 15.0 Å². The van der Waals surface area contributed by atoms with E-state index in [4.69, 9.17) is 27.9 Å². The van der Waals surface area contributed by atoms with Crippen molar-refractivity contribution in [3.63, 3.8) is 0 Å². The smallest absolute Gasteiger partial charge is 0.232 e. The number of rotatable bonds is 6. The van der Waals surface area contributed by atoms with Gasteiger partial charge in [-0.15, -0.1) is 0 Å². The molecule has 2 N–H and O–H groups in total. The lowest BCUT2D eigenvalue weighted by Crippen LogP contribution is -2.08. The summed E-state index contributed by atoms with van der Waals surface area (Å²) in [4.78, 5) is 23.1. The van der Waals surface area contributed by atoms with Gasteiger partial charge in [0.1, 0.15) is 12.4 Å². The van der Waals surface area contributed by atoms with E-state index in [2.05, 4.69) is 25.6 Å². The van der Waals surface area contributed by atoms with Crippen LogP contribution in [0, 0.1) is 0 Å². The topological polar surface area (TPSA) is 89.0 Å². The lowest BCUT2D eigenvalue weighted by Gasteiger charge is -2.14. The molecule has 1 aromatic heterocycles. The Labute approximate surface area is 165 Å². The highest BCUT2D eigenvalue weighted by atomic mass is 35.5. The molecular weight excluding hydrogens is 389 g/mol. The van der Waals surface area contributed by atoms with E-state index in [-0.39, 0.29) is 22.4 Å². The van der Waals surface area contributed by atoms with E-state index in [9.17, 15) is 4.79 Å². The van der Waals surface area contributed by atoms with Crippen molar-refractivity contribution in [3.8, 4) is 5.75 Å². The zero-order valence-electron chi connectivity index (χ0n) is 14.2. The SMILES string of the molecule is CC(=O)Nc1ccc(Nc2nc(Cl)nc(Cl)n2)cc1OCc1ccccc1. The average molecular weight is 404 g/mol. The highest BCUT2D eigenvalue weighted by molar-refractivity contribution is 6.31. The van der Waals surface area contributed by atoms with E-state index in [1.807, 2.05) is 30.3 Å². The molecule has 1 heterocycles. The third kappa shape index (κ3) is 5.54. The molecule has 0 bridgehead atoms. The molecule has 0 atom stereocenters. The molecule has 0 saturated carbocycles. The van der Waals surface area contributed by atoms with Gasteiger partial charge in [0.15, 0.2) is 0 Å². The van der Waals surface area contributed by atoms with Gasteiger partial charge in [-0.05, 0) is 40.9 Å². The summed E-state index contributed by atoms with van der Waals surface area (Å²) in [6.45, 7) is 1.78. The number of amides is 1. The van der Waals surface area contributed by atoms with E-state index < -0.39 is 0 Å². The summed E-state index contributed by atoms with van der Waals surface area (Å²) < 4.78 is 5.89. The van der Waals surface area contributed by atoms with E-state index in [1.54, 1.807) is 18.2 Å². The lowest BCUT2D eigenvalue weighted by atomic mass is 10.2. The van der Waals surface area contributed by atoms with Crippen molar-refractivity contribution in [2.75, 3.05) is 10.6 Å². The number of carbonyl (C=O) groups is 1. The number of hydrogen-bond acceptors (Lipinski definition) is 6. The number of benzene rings is 2. The fraction of sp³-hybridized carbons (Fsp3) is 0.111. The average Bonchev–Trinajstić information content (AvgIpc) is 2.61. The molecule has 0 unspecified atom stereocenters. The van der Waals surface area contributed by atoms with Gasteiger partial charge in [-0.3, -0.25) is 4.79 Å². The molecule has 2 aromatic carbocycles. The van der Waals surface area contributed by atoms with E-state index in [0.29, 0.717) is 23.7 Å². The number of ether oxygens (including phenoxy) is 1. The van der Waals surface area contributed by atoms with Gasteiger partial charge in [-0.2, -0.15) is 15.0 Å². The molecule has 0 spiro atoms. The van der Waals surface area contributed by atoms with Crippen LogP contribution in [0.1, 0.15) is 12.5 Å². The Kier molecular flexibility index (Phi) is 6.05. The molecule has 0 saturated heterocycles. The highest BCUT2D eigenvalue weighted by Crippen LogP contribution is 2.30.